The summed E-state index contributed by atoms with van der Waals surface area (Å²) in [5.41, 5.74) is 10.8. The third-order valence-corrected chi connectivity index (χ3v) is 21.5. The highest BCUT2D eigenvalue weighted by molar-refractivity contribution is 7.96. The summed E-state index contributed by atoms with van der Waals surface area (Å²) < 4.78 is 0. The molecule has 0 nitrogen and oxygen atoms in total. The van der Waals surface area contributed by atoms with Crippen LogP contribution in [0.5, 0.6) is 0 Å². The first kappa shape index (κ1) is 41.0. The normalized spacial score (nSPS) is 13.9. The molecule has 0 N–H and O–H groups in total. The summed E-state index contributed by atoms with van der Waals surface area (Å²) in [6, 6.07) is 76.1. The number of halogens is 2. The van der Waals surface area contributed by atoms with Crippen LogP contribution in [0, 0.1) is 27.7 Å². The number of hydrogen-bond donors (Lipinski definition) is 0. The van der Waals surface area contributed by atoms with Gasteiger partial charge in [0.1, 0.15) is 46.4 Å². The highest BCUT2D eigenvalue weighted by Crippen LogP contribution is 2.66. The molecule has 0 fully saturated rings. The molecule has 0 saturated carbocycles. The lowest BCUT2D eigenvalue weighted by Gasteiger charge is -2.35. The van der Waals surface area contributed by atoms with Crippen LogP contribution in [0.2, 0.25) is 0 Å². The van der Waals surface area contributed by atoms with E-state index in [4.69, 9.17) is 0 Å². The van der Waals surface area contributed by atoms with Crippen molar-refractivity contribution in [3.05, 3.63) is 228 Å². The molecule has 0 bridgehead atoms. The largest absolute Gasteiger partial charge is 1.00 e. The van der Waals surface area contributed by atoms with Crippen molar-refractivity contribution in [1.29, 1.82) is 0 Å². The lowest BCUT2D eigenvalue weighted by Crippen LogP contribution is -3.00. The molecule has 0 spiro atoms. The zero-order chi connectivity index (χ0) is 39.4. The van der Waals surface area contributed by atoms with Crippen LogP contribution in [-0.2, 0) is 12.3 Å². The topological polar surface area (TPSA) is 0 Å². The molecule has 9 aromatic carbocycles. The zero-order valence-corrected chi connectivity index (χ0v) is 36.3. The summed E-state index contributed by atoms with van der Waals surface area (Å²) in [5, 5.41) is 13.8. The Hall–Kier alpha value is -5.78. The van der Waals surface area contributed by atoms with E-state index in [0.717, 1.165) is 12.3 Å². The first-order chi connectivity index (χ1) is 28.3. The molecule has 60 heavy (non-hydrogen) atoms. The Kier molecular flexibility index (Phi) is 11.2. The standard InChI is InChI=1S/C56H48P2.2FH/c1-39-17-27-47(28-18-39)57(48-29-19-40(2)20-30-48)37-45-13-5-6-14-46(45)38-58(49-31-21-41(3)22-32-49,50-33-23-42(4)24-34-50)54-36-26-44-12-8-10-16-52(44)56(54)55-51-15-9-7-11-43(51)25-35-53(55)57;;/h5-36H,37-38H2,1-4H3;2*1H/q+2;;/p-2. The number of fused-ring (bicyclic) bond motifs is 8. The number of benzene rings is 9. The second-order valence-electron chi connectivity index (χ2n) is 16.4. The van der Waals surface area contributed by atoms with Gasteiger partial charge in [-0.05, 0) is 121 Å². The van der Waals surface area contributed by atoms with Crippen molar-refractivity contribution in [3.63, 3.8) is 0 Å². The minimum absolute atomic E-state index is 0. The van der Waals surface area contributed by atoms with Gasteiger partial charge in [0.05, 0.1) is 12.3 Å². The SMILES string of the molecule is Cc1ccc([P+]2(c3ccc(C)cc3)Cc3ccccc3C[P+](c3ccc(C)cc3)(c3ccc(C)cc3)c3ccc4ccccc4c3-c3c2ccc2ccccc32)cc1.[F-].[F-]. The molecule has 1 heterocycles. The van der Waals surface area contributed by atoms with E-state index < -0.39 is 14.5 Å². The first-order valence-corrected chi connectivity index (χ1v) is 24.5. The fourth-order valence-electron chi connectivity index (χ4n) is 9.65. The van der Waals surface area contributed by atoms with Gasteiger partial charge >= 0.3 is 0 Å². The minimum Gasteiger partial charge on any atom is -1.00 e. The molecule has 1 aliphatic heterocycles. The van der Waals surface area contributed by atoms with Crippen LogP contribution in [0.15, 0.2) is 194 Å². The molecule has 0 saturated heterocycles. The maximum absolute atomic E-state index is 2.54. The second kappa shape index (κ2) is 16.3. The van der Waals surface area contributed by atoms with Gasteiger partial charge in [-0.2, -0.15) is 0 Å². The van der Waals surface area contributed by atoms with Crippen LogP contribution in [-0.4, -0.2) is 0 Å². The lowest BCUT2D eigenvalue weighted by molar-refractivity contribution is -0.00100. The van der Waals surface area contributed by atoms with E-state index >= 15 is 0 Å². The Labute approximate surface area is 354 Å². The van der Waals surface area contributed by atoms with E-state index in [2.05, 4.69) is 222 Å². The smallest absolute Gasteiger partial charge is 0.117 e. The molecule has 0 amide bonds. The van der Waals surface area contributed by atoms with E-state index in [-0.39, 0.29) is 9.41 Å². The van der Waals surface area contributed by atoms with Gasteiger partial charge < -0.3 is 9.41 Å². The summed E-state index contributed by atoms with van der Waals surface area (Å²) in [6.07, 6.45) is 1.87. The first-order valence-electron chi connectivity index (χ1n) is 20.5. The van der Waals surface area contributed by atoms with Crippen molar-refractivity contribution in [3.8, 4) is 11.1 Å². The zero-order valence-electron chi connectivity index (χ0n) is 34.5. The van der Waals surface area contributed by atoms with Crippen LogP contribution in [0.25, 0.3) is 32.7 Å². The van der Waals surface area contributed by atoms with Crippen LogP contribution in [0.1, 0.15) is 33.4 Å². The third-order valence-electron chi connectivity index (χ3n) is 12.7. The van der Waals surface area contributed by atoms with Gasteiger partial charge in [0.15, 0.2) is 0 Å². The summed E-state index contributed by atoms with van der Waals surface area (Å²) >= 11 is 0. The van der Waals surface area contributed by atoms with E-state index in [1.54, 1.807) is 0 Å². The Morgan fingerprint density at radius 3 is 0.900 bits per heavy atom. The minimum atomic E-state index is -2.40. The van der Waals surface area contributed by atoms with E-state index in [9.17, 15) is 0 Å². The van der Waals surface area contributed by atoms with E-state index in [1.165, 1.54) is 97.9 Å². The molecule has 4 heteroatoms. The molecule has 1 aliphatic rings. The second-order valence-corrected chi connectivity index (χ2v) is 23.3. The summed E-state index contributed by atoms with van der Waals surface area (Å²) in [5.74, 6) is 0. The number of aryl methyl sites for hydroxylation is 4. The van der Waals surface area contributed by atoms with Crippen molar-refractivity contribution in [2.75, 3.05) is 0 Å². The van der Waals surface area contributed by atoms with Crippen LogP contribution >= 0.6 is 14.5 Å². The number of rotatable bonds is 4. The molecule has 0 unspecified atom stereocenters. The van der Waals surface area contributed by atoms with Crippen molar-refractivity contribution in [2.45, 2.75) is 40.0 Å². The summed E-state index contributed by atoms with van der Waals surface area (Å²) in [6.45, 7) is 8.86. The Morgan fingerprint density at radius 1 is 0.300 bits per heavy atom. The van der Waals surface area contributed by atoms with Crippen LogP contribution < -0.4 is 41.2 Å². The van der Waals surface area contributed by atoms with Gasteiger partial charge in [0.2, 0.25) is 0 Å². The van der Waals surface area contributed by atoms with Crippen molar-refractivity contribution >= 4 is 67.9 Å². The van der Waals surface area contributed by atoms with Gasteiger partial charge in [-0.25, -0.2) is 0 Å². The molecule has 0 aliphatic carbocycles. The highest BCUT2D eigenvalue weighted by Gasteiger charge is 2.53. The molecular formula is C56H48F2P2. The van der Waals surface area contributed by atoms with Gasteiger partial charge in [-0.15, -0.1) is 0 Å². The predicted molar refractivity (Wildman–Crippen MR) is 257 cm³/mol. The molecule has 9 aromatic rings. The monoisotopic (exact) mass is 820 g/mol. The average Bonchev–Trinajstić information content (AvgIpc) is 3.26. The maximum atomic E-state index is 2.54. The van der Waals surface area contributed by atoms with Crippen LogP contribution in [0.4, 0.5) is 0 Å². The lowest BCUT2D eigenvalue weighted by atomic mass is 9.93. The summed E-state index contributed by atoms with van der Waals surface area (Å²) in [4.78, 5) is 0. The average molecular weight is 821 g/mol. The molecular weight excluding hydrogens is 773 g/mol. The molecule has 0 atom stereocenters. The van der Waals surface area contributed by atoms with E-state index in [1.807, 2.05) is 0 Å². The quantitative estimate of drug-likeness (QED) is 0.186. The highest BCUT2D eigenvalue weighted by atomic mass is 31.2. The van der Waals surface area contributed by atoms with Crippen molar-refractivity contribution in [1.82, 2.24) is 0 Å². The van der Waals surface area contributed by atoms with Crippen LogP contribution in [0.3, 0.4) is 0 Å². The Morgan fingerprint density at radius 2 is 0.583 bits per heavy atom. The van der Waals surface area contributed by atoms with Gasteiger partial charge in [0.25, 0.3) is 0 Å². The fraction of sp³-hybridized carbons (Fsp3) is 0.107. The van der Waals surface area contributed by atoms with Gasteiger partial charge in [-0.3, -0.25) is 0 Å². The van der Waals surface area contributed by atoms with Crippen molar-refractivity contribution < 1.29 is 9.41 Å². The van der Waals surface area contributed by atoms with Gasteiger partial charge in [-0.1, -0.05) is 156 Å². The third kappa shape index (κ3) is 6.68. The molecule has 0 radical (unpaired) electrons. The summed E-state index contributed by atoms with van der Waals surface area (Å²) in [7, 11) is -4.80. The Bertz CT molecular complexity index is 2670. The number of hydrogen-bond acceptors (Lipinski definition) is 0. The molecule has 296 valence electrons. The molecule has 0 aromatic heterocycles. The van der Waals surface area contributed by atoms with E-state index in [0.29, 0.717) is 0 Å². The van der Waals surface area contributed by atoms with Crippen molar-refractivity contribution in [2.24, 2.45) is 0 Å². The van der Waals surface area contributed by atoms with Gasteiger partial charge in [0, 0.05) is 11.1 Å². The fourth-order valence-corrected chi connectivity index (χ4v) is 18.6. The molecule has 10 rings (SSSR count). The maximum Gasteiger partial charge on any atom is 0.117 e. The Balaban J connectivity index is 0.00000249. The predicted octanol–water partition coefficient (Wildman–Crippen LogP) is 6.20.